The zero-order valence-corrected chi connectivity index (χ0v) is 8.58. The highest BCUT2D eigenvalue weighted by atomic mass is 16.5. The lowest BCUT2D eigenvalue weighted by atomic mass is 10.1. The van der Waals surface area contributed by atoms with Gasteiger partial charge >= 0.3 is 5.97 Å². The van der Waals surface area contributed by atoms with Crippen LogP contribution in [-0.4, -0.2) is 30.6 Å². The van der Waals surface area contributed by atoms with Crippen LogP contribution in [-0.2, 0) is 14.3 Å². The summed E-state index contributed by atoms with van der Waals surface area (Å²) >= 11 is 0. The summed E-state index contributed by atoms with van der Waals surface area (Å²) in [6.07, 6.45) is 2.14. The minimum Gasteiger partial charge on any atom is -0.469 e. The number of esters is 1. The summed E-state index contributed by atoms with van der Waals surface area (Å²) in [7, 11) is 1.29. The van der Waals surface area contributed by atoms with E-state index in [1.807, 2.05) is 6.92 Å². The van der Waals surface area contributed by atoms with Crippen LogP contribution in [0.5, 0.6) is 0 Å². The number of nitrogens with zero attached hydrogens (tertiary/aromatic N) is 1. The largest absolute Gasteiger partial charge is 0.469 e. The monoisotopic (exact) mass is 197 g/mol. The maximum absolute atomic E-state index is 11.3. The molecule has 1 aliphatic rings. The summed E-state index contributed by atoms with van der Waals surface area (Å²) < 4.78 is 4.41. The Bertz CT molecular complexity index is 271. The Morgan fingerprint density at radius 2 is 2.29 bits per heavy atom. The van der Waals surface area contributed by atoms with E-state index in [1.165, 1.54) is 7.11 Å². The number of ketones is 1. The van der Waals surface area contributed by atoms with E-state index in [-0.39, 0.29) is 18.2 Å². The maximum Gasteiger partial charge on any atom is 0.313 e. The molecule has 0 saturated heterocycles. The van der Waals surface area contributed by atoms with Crippen LogP contribution in [0.1, 0.15) is 32.6 Å². The number of aliphatic imine (C=N–C) groups is 1. The van der Waals surface area contributed by atoms with Crippen molar-refractivity contribution in [3.8, 4) is 0 Å². The molecule has 0 amide bonds. The first-order valence-corrected chi connectivity index (χ1v) is 4.73. The van der Waals surface area contributed by atoms with E-state index in [2.05, 4.69) is 9.73 Å². The van der Waals surface area contributed by atoms with Crippen LogP contribution in [0.25, 0.3) is 0 Å². The van der Waals surface area contributed by atoms with Gasteiger partial charge in [0.2, 0.25) is 0 Å². The highest BCUT2D eigenvalue weighted by Crippen LogP contribution is 2.16. The van der Waals surface area contributed by atoms with Crippen molar-refractivity contribution in [2.24, 2.45) is 4.99 Å². The molecule has 0 aromatic rings. The number of ether oxygens (including phenoxy) is 1. The molecule has 0 aromatic carbocycles. The summed E-state index contributed by atoms with van der Waals surface area (Å²) in [5.41, 5.74) is 1.10. The number of Topliss-reactive ketones (excluding diaryl/α,β-unsaturated/α-hetero) is 1. The molecule has 14 heavy (non-hydrogen) atoms. The van der Waals surface area contributed by atoms with Gasteiger partial charge in [0.25, 0.3) is 0 Å². The van der Waals surface area contributed by atoms with Crippen LogP contribution in [0.4, 0.5) is 0 Å². The van der Waals surface area contributed by atoms with Crippen LogP contribution < -0.4 is 0 Å². The molecule has 1 atom stereocenters. The van der Waals surface area contributed by atoms with Crippen molar-refractivity contribution >= 4 is 17.5 Å². The molecule has 78 valence electrons. The van der Waals surface area contributed by atoms with Gasteiger partial charge in [0.15, 0.2) is 0 Å². The van der Waals surface area contributed by atoms with Gasteiger partial charge in [-0.05, 0) is 19.8 Å². The van der Waals surface area contributed by atoms with E-state index in [0.717, 1.165) is 18.6 Å². The van der Waals surface area contributed by atoms with Crippen molar-refractivity contribution in [2.75, 3.05) is 7.11 Å². The van der Waals surface area contributed by atoms with Crippen LogP contribution in [0.15, 0.2) is 4.99 Å². The molecule has 0 aliphatic carbocycles. The van der Waals surface area contributed by atoms with Crippen molar-refractivity contribution < 1.29 is 14.3 Å². The Hall–Kier alpha value is -1.19. The van der Waals surface area contributed by atoms with Crippen molar-refractivity contribution in [1.29, 1.82) is 0 Å². The number of carbonyl (C=O) groups is 2. The highest BCUT2D eigenvalue weighted by molar-refractivity contribution is 5.96. The van der Waals surface area contributed by atoms with E-state index in [0.29, 0.717) is 6.42 Å². The van der Waals surface area contributed by atoms with Crippen LogP contribution in [0.3, 0.4) is 0 Å². The minimum absolute atomic E-state index is 0.0831. The zero-order valence-electron chi connectivity index (χ0n) is 8.58. The van der Waals surface area contributed by atoms with Gasteiger partial charge in [-0.1, -0.05) is 0 Å². The first-order valence-electron chi connectivity index (χ1n) is 4.73. The van der Waals surface area contributed by atoms with Crippen LogP contribution >= 0.6 is 0 Å². The molecular formula is C10H15NO3. The van der Waals surface area contributed by atoms with E-state index in [4.69, 9.17) is 0 Å². The molecule has 0 fully saturated rings. The molecule has 4 heteroatoms. The fraction of sp³-hybridized carbons (Fsp3) is 0.700. The average molecular weight is 197 g/mol. The zero-order chi connectivity index (χ0) is 10.6. The predicted octanol–water partition coefficient (Wildman–Crippen LogP) is 1.13. The molecule has 0 bridgehead atoms. The van der Waals surface area contributed by atoms with Crippen molar-refractivity contribution in [3.63, 3.8) is 0 Å². The lowest BCUT2D eigenvalue weighted by Crippen LogP contribution is -2.14. The second-order valence-electron chi connectivity index (χ2n) is 3.55. The van der Waals surface area contributed by atoms with E-state index >= 15 is 0 Å². The number of hydrogen-bond acceptors (Lipinski definition) is 4. The van der Waals surface area contributed by atoms with Gasteiger partial charge in [-0.3, -0.25) is 14.6 Å². The Labute approximate surface area is 83.3 Å². The summed E-state index contributed by atoms with van der Waals surface area (Å²) in [6, 6.07) is 0.0900. The molecular weight excluding hydrogens is 182 g/mol. The fourth-order valence-corrected chi connectivity index (χ4v) is 1.53. The summed E-state index contributed by atoms with van der Waals surface area (Å²) in [5.74, 6) is -0.547. The molecule has 0 radical (unpaired) electrons. The second-order valence-corrected chi connectivity index (χ2v) is 3.55. The minimum atomic E-state index is -0.464. The molecule has 0 N–H and O–H groups in total. The van der Waals surface area contributed by atoms with E-state index < -0.39 is 5.97 Å². The lowest BCUT2D eigenvalue weighted by Gasteiger charge is -2.04. The van der Waals surface area contributed by atoms with Gasteiger partial charge in [-0.25, -0.2) is 0 Å². The van der Waals surface area contributed by atoms with E-state index in [1.54, 1.807) is 0 Å². The summed E-state index contributed by atoms with van der Waals surface area (Å²) in [4.78, 5) is 26.4. The van der Waals surface area contributed by atoms with Gasteiger partial charge in [0.05, 0.1) is 13.2 Å². The van der Waals surface area contributed by atoms with Gasteiger partial charge in [-0.2, -0.15) is 0 Å². The smallest absolute Gasteiger partial charge is 0.313 e. The van der Waals surface area contributed by atoms with Crippen LogP contribution in [0.2, 0.25) is 0 Å². The molecule has 1 heterocycles. The number of methoxy groups -OCH3 is 1. The standard InChI is InChI=1S/C10H15NO3/c1-7-3-4-8(11-7)5-9(12)6-10(13)14-2/h8H,3-6H2,1-2H3/t8-/m0/s1. The normalized spacial score (nSPS) is 20.4. The third kappa shape index (κ3) is 3.28. The number of hydrogen-bond donors (Lipinski definition) is 0. The Kier molecular flexibility index (Phi) is 3.80. The topological polar surface area (TPSA) is 55.7 Å². The highest BCUT2D eigenvalue weighted by Gasteiger charge is 2.19. The second kappa shape index (κ2) is 4.88. The van der Waals surface area contributed by atoms with Crippen molar-refractivity contribution in [2.45, 2.75) is 38.6 Å². The van der Waals surface area contributed by atoms with Gasteiger partial charge in [-0.15, -0.1) is 0 Å². The third-order valence-corrected chi connectivity index (χ3v) is 2.27. The lowest BCUT2D eigenvalue weighted by molar-refractivity contribution is -0.143. The van der Waals surface area contributed by atoms with Gasteiger partial charge in [0, 0.05) is 12.1 Å². The quantitative estimate of drug-likeness (QED) is 0.501. The Morgan fingerprint density at radius 1 is 1.57 bits per heavy atom. The first-order chi connectivity index (χ1) is 6.61. The van der Waals surface area contributed by atoms with Gasteiger partial charge < -0.3 is 4.74 Å². The number of rotatable bonds is 4. The van der Waals surface area contributed by atoms with E-state index in [9.17, 15) is 9.59 Å². The Morgan fingerprint density at radius 3 is 2.79 bits per heavy atom. The molecule has 1 rings (SSSR count). The SMILES string of the molecule is COC(=O)CC(=O)C[C@@H]1CCC(C)=N1. The maximum atomic E-state index is 11.3. The molecule has 0 unspecified atom stereocenters. The van der Waals surface area contributed by atoms with Crippen molar-refractivity contribution in [3.05, 3.63) is 0 Å². The molecule has 0 spiro atoms. The molecule has 1 aliphatic heterocycles. The molecule has 0 saturated carbocycles. The molecule has 0 aromatic heterocycles. The fourth-order valence-electron chi connectivity index (χ4n) is 1.53. The van der Waals surface area contributed by atoms with Crippen molar-refractivity contribution in [1.82, 2.24) is 0 Å². The van der Waals surface area contributed by atoms with Gasteiger partial charge in [0.1, 0.15) is 12.2 Å². The van der Waals surface area contributed by atoms with Crippen LogP contribution in [0, 0.1) is 0 Å². The molecule has 4 nitrogen and oxygen atoms in total. The first kappa shape index (κ1) is 10.9. The summed E-state index contributed by atoms with van der Waals surface area (Å²) in [6.45, 7) is 1.96. The Balaban J connectivity index is 2.31. The average Bonchev–Trinajstić information content (AvgIpc) is 2.50. The number of carbonyl (C=O) groups excluding carboxylic acids is 2. The third-order valence-electron chi connectivity index (χ3n) is 2.27. The predicted molar refractivity (Wildman–Crippen MR) is 52.4 cm³/mol. The summed E-state index contributed by atoms with van der Waals surface area (Å²) in [5, 5.41) is 0.